The van der Waals surface area contributed by atoms with Crippen molar-refractivity contribution in [2.45, 2.75) is 12.5 Å². The lowest BCUT2D eigenvalue weighted by Crippen LogP contribution is -2.45. The lowest BCUT2D eigenvalue weighted by atomic mass is 9.94. The summed E-state index contributed by atoms with van der Waals surface area (Å²) in [4.78, 5) is 0. The van der Waals surface area contributed by atoms with E-state index in [-0.39, 0.29) is 6.61 Å². The number of aliphatic hydroxyl groups excluding tert-OH is 1. The summed E-state index contributed by atoms with van der Waals surface area (Å²) in [5.74, 6) is 0. The smallest absolute Gasteiger partial charge is 0.209 e. The van der Waals surface area contributed by atoms with Crippen LogP contribution in [-0.4, -0.2) is 26.4 Å². The molecule has 1 rings (SSSR count). The zero-order chi connectivity index (χ0) is 11.5. The second-order valence-corrected chi connectivity index (χ2v) is 5.48. The molecule has 0 radical (unpaired) electrons. The minimum atomic E-state index is -3.35. The molecule has 0 aromatic heterocycles. The fraction of sp³-hybridized carbons (Fsp3) is 0.400. The fourth-order valence-electron chi connectivity index (χ4n) is 1.40. The van der Waals surface area contributed by atoms with Crippen LogP contribution in [0.1, 0.15) is 12.5 Å². The van der Waals surface area contributed by atoms with Crippen LogP contribution in [0.25, 0.3) is 0 Å². The predicted molar refractivity (Wildman–Crippen MR) is 58.9 cm³/mol. The first-order valence-corrected chi connectivity index (χ1v) is 6.42. The monoisotopic (exact) mass is 229 g/mol. The number of hydrogen-bond donors (Lipinski definition) is 2. The molecule has 0 amide bonds. The maximum absolute atomic E-state index is 11.2. The Morgan fingerprint density at radius 3 is 2.27 bits per heavy atom. The first kappa shape index (κ1) is 12.2. The van der Waals surface area contributed by atoms with Crippen LogP contribution in [0.15, 0.2) is 30.3 Å². The third-order valence-electron chi connectivity index (χ3n) is 2.14. The summed E-state index contributed by atoms with van der Waals surface area (Å²) >= 11 is 0. The van der Waals surface area contributed by atoms with Crippen molar-refractivity contribution in [1.82, 2.24) is 4.72 Å². The molecule has 4 nitrogen and oxygen atoms in total. The second-order valence-electron chi connectivity index (χ2n) is 3.73. The Kier molecular flexibility index (Phi) is 3.49. The Bertz CT molecular complexity index is 416. The van der Waals surface area contributed by atoms with Crippen LogP contribution < -0.4 is 4.72 Å². The number of rotatable bonds is 4. The van der Waals surface area contributed by atoms with Gasteiger partial charge in [-0.1, -0.05) is 30.3 Å². The quantitative estimate of drug-likeness (QED) is 0.787. The van der Waals surface area contributed by atoms with Gasteiger partial charge in [-0.3, -0.25) is 0 Å². The van der Waals surface area contributed by atoms with Crippen molar-refractivity contribution in [2.24, 2.45) is 0 Å². The minimum Gasteiger partial charge on any atom is -0.394 e. The molecule has 0 aliphatic rings. The molecule has 1 aromatic carbocycles. The molecule has 0 aliphatic heterocycles. The highest BCUT2D eigenvalue weighted by molar-refractivity contribution is 7.88. The molecule has 0 saturated heterocycles. The summed E-state index contributed by atoms with van der Waals surface area (Å²) in [5, 5.41) is 9.28. The van der Waals surface area contributed by atoms with Crippen LogP contribution in [0, 0.1) is 0 Å². The first-order valence-electron chi connectivity index (χ1n) is 4.53. The van der Waals surface area contributed by atoms with Crippen LogP contribution >= 0.6 is 0 Å². The molecule has 0 aliphatic carbocycles. The second kappa shape index (κ2) is 4.30. The highest BCUT2D eigenvalue weighted by Gasteiger charge is 2.28. The summed E-state index contributed by atoms with van der Waals surface area (Å²) in [5.41, 5.74) is -0.229. The Morgan fingerprint density at radius 2 is 1.87 bits per heavy atom. The van der Waals surface area contributed by atoms with Gasteiger partial charge in [0.1, 0.15) is 0 Å². The van der Waals surface area contributed by atoms with E-state index in [9.17, 15) is 13.5 Å². The molecule has 1 atom stereocenters. The van der Waals surface area contributed by atoms with E-state index in [1.165, 1.54) is 0 Å². The van der Waals surface area contributed by atoms with Gasteiger partial charge in [0.05, 0.1) is 18.4 Å². The maximum Gasteiger partial charge on any atom is 0.209 e. The molecule has 15 heavy (non-hydrogen) atoms. The van der Waals surface area contributed by atoms with Crippen LogP contribution in [0.3, 0.4) is 0 Å². The molecule has 1 unspecified atom stereocenters. The largest absolute Gasteiger partial charge is 0.394 e. The Balaban J connectivity index is 3.06. The van der Waals surface area contributed by atoms with E-state index < -0.39 is 15.6 Å². The topological polar surface area (TPSA) is 66.4 Å². The van der Waals surface area contributed by atoms with E-state index in [2.05, 4.69) is 4.72 Å². The van der Waals surface area contributed by atoms with Gasteiger partial charge in [-0.15, -0.1) is 0 Å². The number of sulfonamides is 1. The minimum absolute atomic E-state index is 0.288. The summed E-state index contributed by atoms with van der Waals surface area (Å²) in [6.45, 7) is 1.35. The van der Waals surface area contributed by atoms with E-state index in [1.54, 1.807) is 31.2 Å². The lowest BCUT2D eigenvalue weighted by molar-refractivity contribution is 0.196. The van der Waals surface area contributed by atoms with Gasteiger partial charge in [-0.2, -0.15) is 0 Å². The van der Waals surface area contributed by atoms with E-state index in [1.807, 2.05) is 6.07 Å². The molecule has 0 bridgehead atoms. The van der Waals surface area contributed by atoms with Gasteiger partial charge in [0, 0.05) is 0 Å². The summed E-state index contributed by atoms with van der Waals surface area (Å²) in [6, 6.07) is 8.98. The van der Waals surface area contributed by atoms with E-state index in [0.717, 1.165) is 11.8 Å². The zero-order valence-corrected chi connectivity index (χ0v) is 9.58. The first-order chi connectivity index (χ1) is 6.87. The molecular formula is C10H15NO3S. The average Bonchev–Trinajstić information content (AvgIpc) is 2.16. The zero-order valence-electron chi connectivity index (χ0n) is 8.77. The SMILES string of the molecule is CC(CO)(NS(C)(=O)=O)c1ccccc1. The molecule has 0 heterocycles. The third-order valence-corrected chi connectivity index (χ3v) is 2.96. The van der Waals surface area contributed by atoms with Gasteiger partial charge in [0.25, 0.3) is 0 Å². The van der Waals surface area contributed by atoms with Crippen molar-refractivity contribution >= 4 is 10.0 Å². The predicted octanol–water partition coefficient (Wildman–Crippen LogP) is 0.443. The normalized spacial score (nSPS) is 15.9. The van der Waals surface area contributed by atoms with Crippen LogP contribution in [-0.2, 0) is 15.6 Å². The highest BCUT2D eigenvalue weighted by Crippen LogP contribution is 2.20. The van der Waals surface area contributed by atoms with E-state index in [4.69, 9.17) is 0 Å². The Hall–Kier alpha value is -0.910. The molecule has 0 fully saturated rings. The number of nitrogens with one attached hydrogen (secondary N) is 1. The van der Waals surface area contributed by atoms with E-state index >= 15 is 0 Å². The van der Waals surface area contributed by atoms with Crippen molar-refractivity contribution < 1.29 is 13.5 Å². The van der Waals surface area contributed by atoms with Crippen LogP contribution in [0.4, 0.5) is 0 Å². The fourth-order valence-corrected chi connectivity index (χ4v) is 2.40. The van der Waals surface area contributed by atoms with Gasteiger partial charge >= 0.3 is 0 Å². The lowest BCUT2D eigenvalue weighted by Gasteiger charge is -2.28. The molecule has 1 aromatic rings. The number of benzene rings is 1. The van der Waals surface area contributed by atoms with E-state index in [0.29, 0.717) is 0 Å². The average molecular weight is 229 g/mol. The van der Waals surface area contributed by atoms with Gasteiger partial charge in [0.15, 0.2) is 0 Å². The Morgan fingerprint density at radius 1 is 1.33 bits per heavy atom. The highest BCUT2D eigenvalue weighted by atomic mass is 32.2. The van der Waals surface area contributed by atoms with Crippen LogP contribution in [0.5, 0.6) is 0 Å². The van der Waals surface area contributed by atoms with Crippen molar-refractivity contribution in [1.29, 1.82) is 0 Å². The molecule has 0 spiro atoms. The summed E-state index contributed by atoms with van der Waals surface area (Å²) < 4.78 is 24.7. The molecule has 5 heteroatoms. The van der Waals surface area contributed by atoms with Crippen molar-refractivity contribution in [2.75, 3.05) is 12.9 Å². The van der Waals surface area contributed by atoms with Crippen molar-refractivity contribution in [3.05, 3.63) is 35.9 Å². The summed E-state index contributed by atoms with van der Waals surface area (Å²) in [7, 11) is -3.35. The number of aliphatic hydroxyl groups is 1. The standard InChI is InChI=1S/C10H15NO3S/c1-10(8-12,11-15(2,13)14)9-6-4-3-5-7-9/h3-7,11-12H,8H2,1-2H3. The van der Waals surface area contributed by atoms with Gasteiger partial charge in [-0.25, -0.2) is 13.1 Å². The molecule has 2 N–H and O–H groups in total. The molecule has 0 saturated carbocycles. The Labute approximate surface area is 90.0 Å². The molecule has 84 valence electrons. The summed E-state index contributed by atoms with van der Waals surface area (Å²) in [6.07, 6.45) is 1.07. The van der Waals surface area contributed by atoms with Crippen LogP contribution in [0.2, 0.25) is 0 Å². The molecular weight excluding hydrogens is 214 g/mol. The maximum atomic E-state index is 11.2. The van der Waals surface area contributed by atoms with Crippen molar-refractivity contribution in [3.63, 3.8) is 0 Å². The van der Waals surface area contributed by atoms with Gasteiger partial charge in [-0.05, 0) is 12.5 Å². The van der Waals surface area contributed by atoms with Gasteiger partial charge in [0.2, 0.25) is 10.0 Å². The van der Waals surface area contributed by atoms with Crippen molar-refractivity contribution in [3.8, 4) is 0 Å². The number of hydrogen-bond acceptors (Lipinski definition) is 3. The third kappa shape index (κ3) is 3.30. The van der Waals surface area contributed by atoms with Gasteiger partial charge < -0.3 is 5.11 Å².